The topological polar surface area (TPSA) is 75.2 Å². The van der Waals surface area contributed by atoms with Gasteiger partial charge in [0.25, 0.3) is 0 Å². The van der Waals surface area contributed by atoms with Crippen LogP contribution in [-0.2, 0) is 9.84 Å². The van der Waals surface area contributed by atoms with E-state index in [9.17, 15) is 17.2 Å². The molecule has 0 spiro atoms. The van der Waals surface area contributed by atoms with Crippen LogP contribution in [0.5, 0.6) is 0 Å². The van der Waals surface area contributed by atoms with E-state index in [-0.39, 0.29) is 11.5 Å². The molecule has 6 nitrogen and oxygen atoms in total. The maximum absolute atomic E-state index is 13.4. The minimum atomic E-state index is -2.89. The Morgan fingerprint density at radius 2 is 1.83 bits per heavy atom. The number of nitrogens with one attached hydrogen (secondary N) is 1. The summed E-state index contributed by atoms with van der Waals surface area (Å²) < 4.78 is 49.4. The first kappa shape index (κ1) is 16.0. The summed E-state index contributed by atoms with van der Waals surface area (Å²) >= 11 is 0. The maximum atomic E-state index is 13.4. The Kier molecular flexibility index (Phi) is 4.40. The van der Waals surface area contributed by atoms with Crippen LogP contribution in [0, 0.1) is 11.6 Å². The Morgan fingerprint density at radius 3 is 2.57 bits per heavy atom. The second-order valence-electron chi connectivity index (χ2n) is 5.43. The molecule has 0 unspecified atom stereocenters. The zero-order valence-corrected chi connectivity index (χ0v) is 13.1. The lowest BCUT2D eigenvalue weighted by Gasteiger charge is -2.26. The number of anilines is 1. The van der Waals surface area contributed by atoms with Crippen molar-refractivity contribution in [3.63, 3.8) is 0 Å². The molecule has 1 aromatic carbocycles. The first-order valence-corrected chi connectivity index (χ1v) is 9.03. The second kappa shape index (κ2) is 6.32. The molecular formula is C14H16F2N4O2S. The standard InChI is InChI=1S/C14H16F2N4O2S/c15-11-7-10-13(8-12(11)16)18-9-19-14(10)17-1-2-20-3-5-23(21,22)6-4-20/h7-9H,1-6H2,(H,17,18,19). The quantitative estimate of drug-likeness (QED) is 0.895. The summed E-state index contributed by atoms with van der Waals surface area (Å²) in [4.78, 5) is 10.0. The van der Waals surface area contributed by atoms with E-state index in [1.54, 1.807) is 0 Å². The molecule has 1 aliphatic rings. The maximum Gasteiger partial charge on any atom is 0.161 e. The largest absolute Gasteiger partial charge is 0.368 e. The van der Waals surface area contributed by atoms with E-state index in [0.717, 1.165) is 12.1 Å². The molecule has 124 valence electrons. The number of sulfone groups is 1. The number of fused-ring (bicyclic) bond motifs is 1. The molecule has 0 atom stereocenters. The number of rotatable bonds is 4. The first-order valence-electron chi connectivity index (χ1n) is 7.21. The molecule has 1 aliphatic heterocycles. The van der Waals surface area contributed by atoms with Crippen LogP contribution in [0.2, 0.25) is 0 Å². The summed E-state index contributed by atoms with van der Waals surface area (Å²) in [6.45, 7) is 2.18. The van der Waals surface area contributed by atoms with Gasteiger partial charge in [0.05, 0.1) is 17.0 Å². The monoisotopic (exact) mass is 342 g/mol. The highest BCUT2D eigenvalue weighted by molar-refractivity contribution is 7.91. The number of aromatic nitrogens is 2. The van der Waals surface area contributed by atoms with Crippen LogP contribution < -0.4 is 5.32 Å². The fourth-order valence-corrected chi connectivity index (χ4v) is 3.78. The predicted molar refractivity (Wildman–Crippen MR) is 83.0 cm³/mol. The zero-order valence-electron chi connectivity index (χ0n) is 12.3. The van der Waals surface area contributed by atoms with Crippen LogP contribution in [0.3, 0.4) is 0 Å². The van der Waals surface area contributed by atoms with Crippen molar-refractivity contribution >= 4 is 26.6 Å². The molecule has 1 N–H and O–H groups in total. The third-order valence-electron chi connectivity index (χ3n) is 3.83. The summed E-state index contributed by atoms with van der Waals surface area (Å²) in [5.41, 5.74) is 0.325. The normalized spacial score (nSPS) is 18.2. The van der Waals surface area contributed by atoms with Gasteiger partial charge in [0.15, 0.2) is 21.5 Å². The van der Waals surface area contributed by atoms with E-state index in [0.29, 0.717) is 42.9 Å². The Hall–Kier alpha value is -1.87. The van der Waals surface area contributed by atoms with Gasteiger partial charge in [-0.05, 0) is 6.07 Å². The highest BCUT2D eigenvalue weighted by Crippen LogP contribution is 2.22. The van der Waals surface area contributed by atoms with Gasteiger partial charge in [-0.1, -0.05) is 0 Å². The molecular weight excluding hydrogens is 326 g/mol. The van der Waals surface area contributed by atoms with Crippen molar-refractivity contribution in [2.45, 2.75) is 0 Å². The molecule has 0 saturated carbocycles. The highest BCUT2D eigenvalue weighted by Gasteiger charge is 2.21. The molecule has 0 radical (unpaired) electrons. The van der Waals surface area contributed by atoms with E-state index in [2.05, 4.69) is 15.3 Å². The molecule has 0 bridgehead atoms. The van der Waals surface area contributed by atoms with Gasteiger partial charge >= 0.3 is 0 Å². The molecule has 0 amide bonds. The van der Waals surface area contributed by atoms with Gasteiger partial charge in [0.1, 0.15) is 12.1 Å². The number of benzene rings is 1. The summed E-state index contributed by atoms with van der Waals surface area (Å²) in [5, 5.41) is 3.48. The highest BCUT2D eigenvalue weighted by atomic mass is 32.2. The number of nitrogens with zero attached hydrogens (tertiary/aromatic N) is 3. The average Bonchev–Trinajstić information content (AvgIpc) is 2.51. The smallest absolute Gasteiger partial charge is 0.161 e. The van der Waals surface area contributed by atoms with Crippen molar-refractivity contribution in [2.75, 3.05) is 43.0 Å². The lowest BCUT2D eigenvalue weighted by molar-refractivity contribution is 0.307. The Morgan fingerprint density at radius 1 is 1.13 bits per heavy atom. The van der Waals surface area contributed by atoms with Gasteiger partial charge in [-0.3, -0.25) is 4.90 Å². The molecule has 1 fully saturated rings. The minimum Gasteiger partial charge on any atom is -0.368 e. The van der Waals surface area contributed by atoms with Crippen molar-refractivity contribution in [3.05, 3.63) is 30.1 Å². The molecule has 0 aliphatic carbocycles. The zero-order chi connectivity index (χ0) is 16.4. The average molecular weight is 342 g/mol. The minimum absolute atomic E-state index is 0.175. The predicted octanol–water partition coefficient (Wildman–Crippen LogP) is 1.05. The van der Waals surface area contributed by atoms with E-state index in [1.807, 2.05) is 4.90 Å². The van der Waals surface area contributed by atoms with E-state index in [4.69, 9.17) is 0 Å². The lowest BCUT2D eigenvalue weighted by Crippen LogP contribution is -2.42. The molecule has 2 aromatic rings. The van der Waals surface area contributed by atoms with Crippen molar-refractivity contribution in [3.8, 4) is 0 Å². The van der Waals surface area contributed by atoms with Gasteiger partial charge < -0.3 is 5.32 Å². The van der Waals surface area contributed by atoms with Gasteiger partial charge in [-0.15, -0.1) is 0 Å². The van der Waals surface area contributed by atoms with Crippen molar-refractivity contribution in [2.24, 2.45) is 0 Å². The van der Waals surface area contributed by atoms with Crippen molar-refractivity contribution in [1.82, 2.24) is 14.9 Å². The van der Waals surface area contributed by atoms with Crippen LogP contribution in [0.15, 0.2) is 18.5 Å². The number of hydrogen-bond acceptors (Lipinski definition) is 6. The third kappa shape index (κ3) is 3.73. The summed E-state index contributed by atoms with van der Waals surface area (Å²) in [6.07, 6.45) is 1.29. The SMILES string of the molecule is O=S1(=O)CCN(CCNc2ncnc3cc(F)c(F)cc23)CC1. The van der Waals surface area contributed by atoms with Gasteiger partial charge in [0, 0.05) is 37.6 Å². The van der Waals surface area contributed by atoms with Gasteiger partial charge in [-0.2, -0.15) is 0 Å². The first-order chi connectivity index (χ1) is 10.9. The van der Waals surface area contributed by atoms with Gasteiger partial charge in [0.2, 0.25) is 0 Å². The summed E-state index contributed by atoms with van der Waals surface area (Å²) in [7, 11) is -2.89. The third-order valence-corrected chi connectivity index (χ3v) is 5.44. The molecule has 1 aromatic heterocycles. The molecule has 3 rings (SSSR count). The molecule has 9 heteroatoms. The van der Waals surface area contributed by atoms with E-state index < -0.39 is 21.5 Å². The van der Waals surface area contributed by atoms with Gasteiger partial charge in [-0.25, -0.2) is 27.2 Å². The van der Waals surface area contributed by atoms with Crippen LogP contribution in [0.25, 0.3) is 10.9 Å². The molecule has 1 saturated heterocycles. The van der Waals surface area contributed by atoms with E-state index >= 15 is 0 Å². The van der Waals surface area contributed by atoms with Crippen molar-refractivity contribution in [1.29, 1.82) is 0 Å². The molecule has 23 heavy (non-hydrogen) atoms. The van der Waals surface area contributed by atoms with Crippen LogP contribution >= 0.6 is 0 Å². The Balaban J connectivity index is 1.65. The number of halogens is 2. The fraction of sp³-hybridized carbons (Fsp3) is 0.429. The summed E-state index contributed by atoms with van der Waals surface area (Å²) in [6, 6.07) is 2.10. The Bertz CT molecular complexity index is 815. The molecule has 2 heterocycles. The van der Waals surface area contributed by atoms with E-state index in [1.165, 1.54) is 6.33 Å². The Labute approximate surface area is 132 Å². The van der Waals surface area contributed by atoms with Crippen LogP contribution in [-0.4, -0.2) is 61.0 Å². The fourth-order valence-electron chi connectivity index (χ4n) is 2.50. The second-order valence-corrected chi connectivity index (χ2v) is 7.73. The van der Waals surface area contributed by atoms with Crippen LogP contribution in [0.1, 0.15) is 0 Å². The van der Waals surface area contributed by atoms with Crippen LogP contribution in [0.4, 0.5) is 14.6 Å². The summed E-state index contributed by atoms with van der Waals surface area (Å²) in [5.74, 6) is -1.12. The lowest BCUT2D eigenvalue weighted by atomic mass is 10.2. The van der Waals surface area contributed by atoms with Crippen molar-refractivity contribution < 1.29 is 17.2 Å². The number of hydrogen-bond donors (Lipinski definition) is 1.